The molecule has 0 atom stereocenters. The van der Waals surface area contributed by atoms with Crippen molar-refractivity contribution in [1.82, 2.24) is 0 Å². The van der Waals surface area contributed by atoms with Crippen molar-refractivity contribution in [3.8, 4) is 22.2 Å². The first-order valence-electron chi connectivity index (χ1n) is 2.91. The molecular formula is C4H8Si4. The number of rotatable bonds is 0. The van der Waals surface area contributed by atoms with Gasteiger partial charge < -0.3 is 0 Å². The molecule has 1 aliphatic rings. The minimum atomic E-state index is 0.113. The highest BCUT2D eigenvalue weighted by Gasteiger charge is 1.83. The Labute approximate surface area is 58.7 Å². The van der Waals surface area contributed by atoms with E-state index in [-0.39, 0.29) is 36.1 Å². The van der Waals surface area contributed by atoms with Gasteiger partial charge in [0.25, 0.3) is 0 Å². The molecule has 0 radical (unpaired) electrons. The van der Waals surface area contributed by atoms with Crippen LogP contribution in [0.25, 0.3) is 0 Å². The fraction of sp³-hybridized carbons (Fsp3) is 0. The quantitative estimate of drug-likeness (QED) is 0.258. The van der Waals surface area contributed by atoms with Crippen LogP contribution in [0.15, 0.2) is 0 Å². The Balaban J connectivity index is 2.40. The Morgan fingerprint density at radius 2 is 0.750 bits per heavy atom. The summed E-state index contributed by atoms with van der Waals surface area (Å²) in [5, 5.41) is 0. The minimum Gasteiger partial charge on any atom is -0.150 e. The molecule has 1 aliphatic heterocycles. The second kappa shape index (κ2) is 3.93. The van der Waals surface area contributed by atoms with E-state index < -0.39 is 0 Å². The lowest BCUT2D eigenvalue weighted by Crippen LogP contribution is -2.06. The van der Waals surface area contributed by atoms with Crippen LogP contribution in [0.2, 0.25) is 0 Å². The molecule has 8 heavy (non-hydrogen) atoms. The summed E-state index contributed by atoms with van der Waals surface area (Å²) in [6, 6.07) is 0. The molecule has 0 spiro atoms. The van der Waals surface area contributed by atoms with E-state index in [2.05, 4.69) is 22.2 Å². The zero-order valence-corrected chi connectivity index (χ0v) is 10.5. The lowest BCUT2D eigenvalue weighted by Gasteiger charge is -1.81. The molecule has 0 aliphatic carbocycles. The molecule has 0 unspecified atom stereocenters. The highest BCUT2D eigenvalue weighted by molar-refractivity contribution is 7.13. The Morgan fingerprint density at radius 3 is 1.00 bits per heavy atom. The average molecular weight is 168 g/mol. The maximum Gasteiger partial charge on any atom is 0.106 e. The van der Waals surface area contributed by atoms with E-state index in [0.29, 0.717) is 0 Å². The van der Waals surface area contributed by atoms with E-state index >= 15 is 0 Å². The van der Waals surface area contributed by atoms with Gasteiger partial charge >= 0.3 is 0 Å². The second-order valence-electron chi connectivity index (χ2n) is 1.71. The van der Waals surface area contributed by atoms with Crippen LogP contribution in [0.4, 0.5) is 0 Å². The largest absolute Gasteiger partial charge is 0.150 e. The molecule has 1 rings (SSSR count). The molecule has 0 fully saturated rings. The van der Waals surface area contributed by atoms with Gasteiger partial charge in [0.15, 0.2) is 0 Å². The smallest absolute Gasteiger partial charge is 0.106 e. The first-order valence-corrected chi connectivity index (χ1v) is 13.7. The van der Waals surface area contributed by atoms with Crippen molar-refractivity contribution >= 4 is 36.1 Å². The number of hydrogen-bond donors (Lipinski definition) is 0. The van der Waals surface area contributed by atoms with E-state index in [4.69, 9.17) is 0 Å². The first-order chi connectivity index (χ1) is 4.00. The summed E-state index contributed by atoms with van der Waals surface area (Å²) in [5.41, 5.74) is 13.3. The van der Waals surface area contributed by atoms with Crippen molar-refractivity contribution in [2.24, 2.45) is 0 Å². The molecule has 40 valence electrons. The summed E-state index contributed by atoms with van der Waals surface area (Å²) in [7, 11) is 0.451. The van der Waals surface area contributed by atoms with Crippen LogP contribution in [0.1, 0.15) is 0 Å². The van der Waals surface area contributed by atoms with Gasteiger partial charge in [-0.25, -0.2) is 0 Å². The van der Waals surface area contributed by atoms with Crippen LogP contribution in [-0.2, 0) is 0 Å². The van der Waals surface area contributed by atoms with E-state index in [9.17, 15) is 0 Å². The van der Waals surface area contributed by atoms with Crippen LogP contribution in [0.3, 0.4) is 0 Å². The zero-order chi connectivity index (χ0) is 5.66. The number of hydrogen-bond acceptors (Lipinski definition) is 0. The van der Waals surface area contributed by atoms with Gasteiger partial charge in [-0.1, -0.05) is 0 Å². The average Bonchev–Trinajstić information content (AvgIpc) is 1.62. The SMILES string of the molecule is C1#C[SiH2][SiH2]C#C[SiH2][SiH2]1. The molecule has 4 heteroatoms. The Hall–Kier alpha value is -0.0125. The fourth-order valence-corrected chi connectivity index (χ4v) is 11.8. The van der Waals surface area contributed by atoms with E-state index in [1.165, 1.54) is 0 Å². The van der Waals surface area contributed by atoms with Gasteiger partial charge in [0, 0.05) is 0 Å². The summed E-state index contributed by atoms with van der Waals surface area (Å²) in [4.78, 5) is 0. The van der Waals surface area contributed by atoms with E-state index in [0.717, 1.165) is 0 Å². The third-order valence-electron chi connectivity index (χ3n) is 1.000. The van der Waals surface area contributed by atoms with E-state index in [1.54, 1.807) is 0 Å². The second-order valence-corrected chi connectivity index (χ2v) is 11.1. The predicted molar refractivity (Wildman–Crippen MR) is 49.7 cm³/mol. The van der Waals surface area contributed by atoms with E-state index in [1.807, 2.05) is 0 Å². The molecule has 0 aromatic heterocycles. The summed E-state index contributed by atoms with van der Waals surface area (Å²) in [5.74, 6) is 0. The standard InChI is InChI=1S/C4H8Si4/c1-2-6-8-4-3-7-5-1/h5-8H2. The molecular weight excluding hydrogens is 160 g/mol. The summed E-state index contributed by atoms with van der Waals surface area (Å²) < 4.78 is 0. The third kappa shape index (κ3) is 2.33. The zero-order valence-electron chi connectivity index (χ0n) is 4.83. The lowest BCUT2D eigenvalue weighted by molar-refractivity contribution is 2.80. The van der Waals surface area contributed by atoms with Crippen LogP contribution in [0, 0.1) is 22.2 Å². The molecule has 0 aromatic rings. The normalized spacial score (nSPS) is 28.0. The summed E-state index contributed by atoms with van der Waals surface area (Å²) in [6.45, 7) is 0. The van der Waals surface area contributed by atoms with Gasteiger partial charge in [-0.2, -0.15) is 0 Å². The Bertz CT molecular complexity index is 138. The van der Waals surface area contributed by atoms with Crippen molar-refractivity contribution < 1.29 is 0 Å². The maximum atomic E-state index is 3.33. The van der Waals surface area contributed by atoms with Crippen LogP contribution in [-0.4, -0.2) is 36.1 Å². The topological polar surface area (TPSA) is 0 Å². The molecule has 0 N–H and O–H groups in total. The summed E-state index contributed by atoms with van der Waals surface area (Å²) >= 11 is 0. The van der Waals surface area contributed by atoms with Crippen LogP contribution < -0.4 is 0 Å². The molecule has 0 saturated heterocycles. The first kappa shape index (κ1) is 6.11. The van der Waals surface area contributed by atoms with Crippen LogP contribution in [0.5, 0.6) is 0 Å². The van der Waals surface area contributed by atoms with Crippen molar-refractivity contribution in [3.05, 3.63) is 0 Å². The summed E-state index contributed by atoms with van der Waals surface area (Å²) in [6.07, 6.45) is 0. The van der Waals surface area contributed by atoms with Crippen molar-refractivity contribution in [2.75, 3.05) is 0 Å². The Kier molecular flexibility index (Phi) is 3.00. The van der Waals surface area contributed by atoms with Crippen molar-refractivity contribution in [1.29, 1.82) is 0 Å². The minimum absolute atomic E-state index is 0.113. The van der Waals surface area contributed by atoms with Gasteiger partial charge in [0.1, 0.15) is 36.1 Å². The molecule has 1 heterocycles. The van der Waals surface area contributed by atoms with Gasteiger partial charge in [0.2, 0.25) is 0 Å². The van der Waals surface area contributed by atoms with Crippen LogP contribution >= 0.6 is 0 Å². The Morgan fingerprint density at radius 1 is 0.500 bits per heavy atom. The van der Waals surface area contributed by atoms with Crippen molar-refractivity contribution in [2.45, 2.75) is 0 Å². The molecule has 0 aromatic carbocycles. The fourth-order valence-electron chi connectivity index (χ4n) is 0.604. The third-order valence-corrected chi connectivity index (χ3v) is 9.00. The molecule has 0 amide bonds. The highest BCUT2D eigenvalue weighted by Crippen LogP contribution is 1.60. The molecule has 0 nitrogen and oxygen atoms in total. The lowest BCUT2D eigenvalue weighted by atomic mass is 11.4. The highest BCUT2D eigenvalue weighted by atomic mass is 29.1. The predicted octanol–water partition coefficient (Wildman–Crippen LogP) is -3.66. The maximum absolute atomic E-state index is 3.33. The monoisotopic (exact) mass is 168 g/mol. The van der Waals surface area contributed by atoms with Crippen molar-refractivity contribution in [3.63, 3.8) is 0 Å². The molecule has 0 saturated carbocycles. The van der Waals surface area contributed by atoms with Gasteiger partial charge in [-0.15, -0.1) is 22.2 Å². The molecule has 0 bridgehead atoms. The van der Waals surface area contributed by atoms with Gasteiger partial charge in [0.05, 0.1) is 0 Å². The van der Waals surface area contributed by atoms with Gasteiger partial charge in [-0.05, 0) is 0 Å². The van der Waals surface area contributed by atoms with Gasteiger partial charge in [-0.3, -0.25) is 0 Å².